The van der Waals surface area contributed by atoms with E-state index in [9.17, 15) is 9.59 Å². The van der Waals surface area contributed by atoms with E-state index in [2.05, 4.69) is 47.9 Å². The summed E-state index contributed by atoms with van der Waals surface area (Å²) >= 11 is 0. The molecule has 0 radical (unpaired) electrons. The molecule has 0 aromatic heterocycles. The van der Waals surface area contributed by atoms with E-state index in [0.29, 0.717) is 12.5 Å². The third-order valence-electron chi connectivity index (χ3n) is 8.12. The van der Waals surface area contributed by atoms with E-state index < -0.39 is 5.60 Å². The largest absolute Gasteiger partial charge is 0.444 e. The lowest BCUT2D eigenvalue weighted by Gasteiger charge is -2.53. The van der Waals surface area contributed by atoms with Gasteiger partial charge < -0.3 is 14.5 Å². The van der Waals surface area contributed by atoms with Gasteiger partial charge in [-0.3, -0.25) is 9.69 Å². The van der Waals surface area contributed by atoms with Crippen molar-refractivity contribution in [2.24, 2.45) is 5.92 Å². The van der Waals surface area contributed by atoms with E-state index in [0.717, 1.165) is 64.7 Å². The first kappa shape index (κ1) is 25.0. The van der Waals surface area contributed by atoms with Crippen LogP contribution < -0.4 is 0 Å². The third kappa shape index (κ3) is 5.76. The number of nitrogens with zero attached hydrogens (tertiary/aromatic N) is 3. The molecule has 1 aliphatic carbocycles. The number of ether oxygens (including phenoxy) is 1. The van der Waals surface area contributed by atoms with Crippen molar-refractivity contribution in [3.63, 3.8) is 0 Å². The molecule has 3 fully saturated rings. The number of carbonyl (C=O) groups is 2. The summed E-state index contributed by atoms with van der Waals surface area (Å²) < 4.78 is 5.58. The maximum Gasteiger partial charge on any atom is 0.410 e. The van der Waals surface area contributed by atoms with Crippen LogP contribution in [-0.4, -0.2) is 69.6 Å². The van der Waals surface area contributed by atoms with E-state index in [1.54, 1.807) is 0 Å². The minimum Gasteiger partial charge on any atom is -0.444 e. The predicted molar refractivity (Wildman–Crippen MR) is 134 cm³/mol. The molecular weight excluding hydrogens is 426 g/mol. The number of rotatable bonds is 5. The van der Waals surface area contributed by atoms with Crippen molar-refractivity contribution in [2.75, 3.05) is 26.2 Å². The summed E-state index contributed by atoms with van der Waals surface area (Å²) in [6.07, 6.45) is 5.77. The smallest absolute Gasteiger partial charge is 0.410 e. The molecule has 2 heterocycles. The SMILES string of the molecule is CC(C)(C)OC(=O)N1CCC(C)(N2CCC(C)(N(Cc3ccccc3)C(=O)C3CC3)CC2)CC1. The van der Waals surface area contributed by atoms with Crippen molar-refractivity contribution in [3.05, 3.63) is 35.9 Å². The first-order valence-electron chi connectivity index (χ1n) is 13.1. The zero-order valence-corrected chi connectivity index (χ0v) is 21.8. The van der Waals surface area contributed by atoms with Crippen LogP contribution in [0.1, 0.15) is 78.7 Å². The van der Waals surface area contributed by atoms with Gasteiger partial charge in [0.05, 0.1) is 0 Å². The lowest BCUT2D eigenvalue weighted by molar-refractivity contribution is -0.142. The fraction of sp³-hybridized carbons (Fsp3) is 0.714. The van der Waals surface area contributed by atoms with E-state index in [1.165, 1.54) is 5.56 Å². The lowest BCUT2D eigenvalue weighted by atomic mass is 9.81. The zero-order valence-electron chi connectivity index (χ0n) is 21.8. The molecule has 6 nitrogen and oxygen atoms in total. The molecule has 188 valence electrons. The third-order valence-corrected chi connectivity index (χ3v) is 8.12. The van der Waals surface area contributed by atoms with Crippen molar-refractivity contribution in [1.29, 1.82) is 0 Å². The van der Waals surface area contributed by atoms with Crippen molar-refractivity contribution in [2.45, 2.75) is 96.4 Å². The highest BCUT2D eigenvalue weighted by Crippen LogP contribution is 2.40. The molecule has 2 saturated heterocycles. The fourth-order valence-corrected chi connectivity index (χ4v) is 5.46. The average Bonchev–Trinajstić information content (AvgIpc) is 3.63. The number of piperidine rings is 2. The van der Waals surface area contributed by atoms with Crippen LogP contribution >= 0.6 is 0 Å². The Kier molecular flexibility index (Phi) is 7.01. The molecule has 1 aromatic rings. The van der Waals surface area contributed by atoms with Crippen LogP contribution in [0.4, 0.5) is 4.79 Å². The van der Waals surface area contributed by atoms with E-state index >= 15 is 0 Å². The van der Waals surface area contributed by atoms with Crippen LogP contribution in [0, 0.1) is 5.92 Å². The second-order valence-electron chi connectivity index (χ2n) is 12.1. The molecule has 4 rings (SSSR count). The monoisotopic (exact) mass is 469 g/mol. The maximum atomic E-state index is 13.3. The van der Waals surface area contributed by atoms with Gasteiger partial charge >= 0.3 is 6.09 Å². The summed E-state index contributed by atoms with van der Waals surface area (Å²) in [5, 5.41) is 0. The average molecular weight is 470 g/mol. The van der Waals surface area contributed by atoms with Gasteiger partial charge in [0.25, 0.3) is 0 Å². The van der Waals surface area contributed by atoms with Gasteiger partial charge in [-0.2, -0.15) is 0 Å². The van der Waals surface area contributed by atoms with E-state index in [4.69, 9.17) is 4.74 Å². The molecule has 0 bridgehead atoms. The highest BCUT2D eigenvalue weighted by atomic mass is 16.6. The molecule has 6 heteroatoms. The van der Waals surface area contributed by atoms with Gasteiger partial charge in [-0.05, 0) is 78.7 Å². The molecule has 34 heavy (non-hydrogen) atoms. The second-order valence-corrected chi connectivity index (χ2v) is 12.1. The van der Waals surface area contributed by atoms with Crippen LogP contribution in [-0.2, 0) is 16.1 Å². The Balaban J connectivity index is 1.37. The Hall–Kier alpha value is -2.08. The topological polar surface area (TPSA) is 53.1 Å². The first-order chi connectivity index (χ1) is 16.0. The molecule has 2 aliphatic heterocycles. The molecule has 0 N–H and O–H groups in total. The number of hydrogen-bond donors (Lipinski definition) is 0. The standard InChI is InChI=1S/C28H43N3O3/c1-26(2,3)34-25(33)29-17-13-27(4,14-18-29)30-19-15-28(5,16-20-30)31(24(32)23-11-12-23)21-22-9-7-6-8-10-22/h6-10,23H,11-21H2,1-5H3. The first-order valence-corrected chi connectivity index (χ1v) is 13.1. The molecule has 3 aliphatic rings. The van der Waals surface area contributed by atoms with Crippen LogP contribution in [0.5, 0.6) is 0 Å². The van der Waals surface area contributed by atoms with Crippen molar-refractivity contribution in [3.8, 4) is 0 Å². The second kappa shape index (κ2) is 9.52. The van der Waals surface area contributed by atoms with Gasteiger partial charge in [0.2, 0.25) is 5.91 Å². The summed E-state index contributed by atoms with van der Waals surface area (Å²) in [7, 11) is 0. The number of carbonyl (C=O) groups excluding carboxylic acids is 2. The van der Waals surface area contributed by atoms with Gasteiger partial charge in [-0.1, -0.05) is 30.3 Å². The fourth-order valence-electron chi connectivity index (χ4n) is 5.46. The Morgan fingerprint density at radius 3 is 2.09 bits per heavy atom. The Labute approximate surface area is 205 Å². The molecule has 1 saturated carbocycles. The van der Waals surface area contributed by atoms with Gasteiger partial charge in [0, 0.05) is 49.7 Å². The van der Waals surface area contributed by atoms with Crippen molar-refractivity contribution < 1.29 is 14.3 Å². The highest BCUT2D eigenvalue weighted by Gasteiger charge is 2.46. The molecule has 0 atom stereocenters. The zero-order chi connectivity index (χ0) is 24.6. The van der Waals surface area contributed by atoms with Gasteiger partial charge in [0.1, 0.15) is 5.60 Å². The Morgan fingerprint density at radius 2 is 1.56 bits per heavy atom. The summed E-state index contributed by atoms with van der Waals surface area (Å²) in [4.78, 5) is 32.5. The Bertz CT molecular complexity index is 859. The van der Waals surface area contributed by atoms with Crippen molar-refractivity contribution >= 4 is 12.0 Å². The van der Waals surface area contributed by atoms with Gasteiger partial charge in [-0.25, -0.2) is 4.79 Å². The summed E-state index contributed by atoms with van der Waals surface area (Å²) in [5.41, 5.74) is 0.727. The molecule has 2 amide bonds. The number of likely N-dealkylation sites (tertiary alicyclic amines) is 2. The maximum absolute atomic E-state index is 13.3. The highest BCUT2D eigenvalue weighted by molar-refractivity contribution is 5.81. The Morgan fingerprint density at radius 1 is 0.971 bits per heavy atom. The van der Waals surface area contributed by atoms with Gasteiger partial charge in [-0.15, -0.1) is 0 Å². The molecular formula is C28H43N3O3. The molecule has 1 aromatic carbocycles. The van der Waals surface area contributed by atoms with Gasteiger partial charge in [0.15, 0.2) is 0 Å². The predicted octanol–water partition coefficient (Wildman–Crippen LogP) is 5.07. The minimum absolute atomic E-state index is 0.0879. The molecule has 0 spiro atoms. The van der Waals surface area contributed by atoms with E-state index in [1.807, 2.05) is 31.7 Å². The minimum atomic E-state index is -0.460. The van der Waals surface area contributed by atoms with Crippen LogP contribution in [0.15, 0.2) is 30.3 Å². The van der Waals surface area contributed by atoms with E-state index in [-0.39, 0.29) is 23.1 Å². The number of amides is 2. The summed E-state index contributed by atoms with van der Waals surface area (Å²) in [6, 6.07) is 10.4. The van der Waals surface area contributed by atoms with Crippen molar-refractivity contribution in [1.82, 2.24) is 14.7 Å². The van der Waals surface area contributed by atoms with Crippen LogP contribution in [0.2, 0.25) is 0 Å². The van der Waals surface area contributed by atoms with Crippen LogP contribution in [0.25, 0.3) is 0 Å². The lowest BCUT2D eigenvalue weighted by Crippen LogP contribution is -2.61. The normalized spacial score (nSPS) is 22.8. The number of benzene rings is 1. The number of hydrogen-bond acceptors (Lipinski definition) is 4. The quantitative estimate of drug-likeness (QED) is 0.604. The summed E-state index contributed by atoms with van der Waals surface area (Å²) in [5.74, 6) is 0.574. The summed E-state index contributed by atoms with van der Waals surface area (Å²) in [6.45, 7) is 14.5. The van der Waals surface area contributed by atoms with Crippen LogP contribution in [0.3, 0.4) is 0 Å². The molecule has 0 unspecified atom stereocenters.